The van der Waals surface area contributed by atoms with Crippen molar-refractivity contribution in [1.82, 2.24) is 0 Å². The first-order chi connectivity index (χ1) is 9.75. The van der Waals surface area contributed by atoms with E-state index >= 15 is 0 Å². The highest BCUT2D eigenvalue weighted by Gasteiger charge is 2.12. The standard InChI is InChI=1S/C18H17NS/c1-13-11-12-20-18(13)17(19)16-9-7-15(8-10-16)14-5-3-2-4-6-14/h2-12,17H,19H2,1H3. The highest BCUT2D eigenvalue weighted by atomic mass is 32.1. The molecule has 0 amide bonds. The second-order valence-electron chi connectivity index (χ2n) is 4.93. The Hall–Kier alpha value is -1.90. The van der Waals surface area contributed by atoms with Gasteiger partial charge in [0, 0.05) is 4.88 Å². The summed E-state index contributed by atoms with van der Waals surface area (Å²) >= 11 is 1.73. The van der Waals surface area contributed by atoms with Crippen LogP contribution in [0.25, 0.3) is 11.1 Å². The van der Waals surface area contributed by atoms with E-state index in [-0.39, 0.29) is 6.04 Å². The second kappa shape index (κ2) is 5.61. The fraction of sp³-hybridized carbons (Fsp3) is 0.111. The van der Waals surface area contributed by atoms with Crippen molar-refractivity contribution in [3.05, 3.63) is 82.0 Å². The molecule has 100 valence electrons. The van der Waals surface area contributed by atoms with Crippen LogP contribution in [0.4, 0.5) is 0 Å². The third-order valence-corrected chi connectivity index (χ3v) is 4.66. The average molecular weight is 279 g/mol. The lowest BCUT2D eigenvalue weighted by atomic mass is 9.99. The van der Waals surface area contributed by atoms with E-state index in [1.165, 1.54) is 21.6 Å². The molecule has 1 heterocycles. The minimum Gasteiger partial charge on any atom is -0.320 e. The molecule has 0 saturated carbocycles. The van der Waals surface area contributed by atoms with Gasteiger partial charge in [-0.2, -0.15) is 0 Å². The second-order valence-corrected chi connectivity index (χ2v) is 5.88. The molecule has 0 aliphatic rings. The quantitative estimate of drug-likeness (QED) is 0.734. The van der Waals surface area contributed by atoms with E-state index in [4.69, 9.17) is 5.73 Å². The number of nitrogens with two attached hydrogens (primary N) is 1. The minimum atomic E-state index is -0.0279. The van der Waals surface area contributed by atoms with Crippen molar-refractivity contribution >= 4 is 11.3 Å². The Morgan fingerprint density at radius 3 is 2.10 bits per heavy atom. The van der Waals surface area contributed by atoms with Crippen LogP contribution >= 0.6 is 11.3 Å². The smallest absolute Gasteiger partial charge is 0.0648 e. The molecule has 1 unspecified atom stereocenters. The number of thiophene rings is 1. The third-order valence-electron chi connectivity index (χ3n) is 3.56. The van der Waals surface area contributed by atoms with E-state index in [2.05, 4.69) is 66.9 Å². The molecule has 0 bridgehead atoms. The number of hydrogen-bond acceptors (Lipinski definition) is 2. The zero-order valence-electron chi connectivity index (χ0n) is 11.4. The van der Waals surface area contributed by atoms with E-state index in [9.17, 15) is 0 Å². The molecular weight excluding hydrogens is 262 g/mol. The molecule has 0 spiro atoms. The molecule has 1 nitrogen and oxygen atoms in total. The number of aryl methyl sites for hydroxylation is 1. The maximum absolute atomic E-state index is 6.36. The van der Waals surface area contributed by atoms with Gasteiger partial charge in [-0.3, -0.25) is 0 Å². The Morgan fingerprint density at radius 2 is 1.50 bits per heavy atom. The lowest BCUT2D eigenvalue weighted by Crippen LogP contribution is -2.11. The van der Waals surface area contributed by atoms with Crippen molar-refractivity contribution < 1.29 is 0 Å². The molecule has 3 aromatic rings. The lowest BCUT2D eigenvalue weighted by molar-refractivity contribution is 0.885. The first-order valence-electron chi connectivity index (χ1n) is 6.70. The van der Waals surface area contributed by atoms with Gasteiger partial charge in [0.2, 0.25) is 0 Å². The molecule has 0 radical (unpaired) electrons. The maximum atomic E-state index is 6.36. The molecule has 2 aromatic carbocycles. The molecular formula is C18H17NS. The Morgan fingerprint density at radius 1 is 0.850 bits per heavy atom. The van der Waals surface area contributed by atoms with Crippen LogP contribution in [-0.4, -0.2) is 0 Å². The fourth-order valence-corrected chi connectivity index (χ4v) is 3.32. The van der Waals surface area contributed by atoms with Gasteiger partial charge >= 0.3 is 0 Å². The molecule has 0 fully saturated rings. The van der Waals surface area contributed by atoms with Gasteiger partial charge < -0.3 is 5.73 Å². The van der Waals surface area contributed by atoms with Gasteiger partial charge in [-0.25, -0.2) is 0 Å². The van der Waals surface area contributed by atoms with Crippen molar-refractivity contribution in [2.24, 2.45) is 5.73 Å². The van der Waals surface area contributed by atoms with Gasteiger partial charge in [-0.05, 0) is 40.6 Å². The van der Waals surface area contributed by atoms with Crippen molar-refractivity contribution in [2.75, 3.05) is 0 Å². The van der Waals surface area contributed by atoms with Crippen molar-refractivity contribution in [1.29, 1.82) is 0 Å². The third kappa shape index (κ3) is 2.53. The Labute approximate surface area is 123 Å². The van der Waals surface area contributed by atoms with Crippen LogP contribution in [0, 0.1) is 6.92 Å². The molecule has 0 aliphatic heterocycles. The van der Waals surface area contributed by atoms with Crippen molar-refractivity contribution in [3.8, 4) is 11.1 Å². The summed E-state index contributed by atoms with van der Waals surface area (Å²) in [5.41, 5.74) is 11.3. The van der Waals surface area contributed by atoms with Gasteiger partial charge in [-0.1, -0.05) is 54.6 Å². The largest absolute Gasteiger partial charge is 0.320 e. The Bertz CT molecular complexity index is 683. The average Bonchev–Trinajstić information content (AvgIpc) is 2.94. The summed E-state index contributed by atoms with van der Waals surface area (Å²) in [6.45, 7) is 2.12. The predicted molar refractivity (Wildman–Crippen MR) is 87.0 cm³/mol. The zero-order valence-corrected chi connectivity index (χ0v) is 12.2. The SMILES string of the molecule is Cc1ccsc1C(N)c1ccc(-c2ccccc2)cc1. The highest BCUT2D eigenvalue weighted by Crippen LogP contribution is 2.29. The van der Waals surface area contributed by atoms with Crippen LogP contribution in [0.3, 0.4) is 0 Å². The summed E-state index contributed by atoms with van der Waals surface area (Å²) in [4.78, 5) is 1.25. The number of hydrogen-bond donors (Lipinski definition) is 1. The van der Waals surface area contributed by atoms with Gasteiger partial charge in [0.05, 0.1) is 6.04 Å². The van der Waals surface area contributed by atoms with Crippen LogP contribution in [-0.2, 0) is 0 Å². The van der Waals surface area contributed by atoms with E-state index in [0.717, 1.165) is 5.56 Å². The molecule has 1 aromatic heterocycles. The fourth-order valence-electron chi connectivity index (χ4n) is 2.37. The molecule has 20 heavy (non-hydrogen) atoms. The van der Waals surface area contributed by atoms with Crippen molar-refractivity contribution in [2.45, 2.75) is 13.0 Å². The summed E-state index contributed by atoms with van der Waals surface area (Å²) in [6.07, 6.45) is 0. The summed E-state index contributed by atoms with van der Waals surface area (Å²) < 4.78 is 0. The summed E-state index contributed by atoms with van der Waals surface area (Å²) in [7, 11) is 0. The minimum absolute atomic E-state index is 0.0279. The first kappa shape index (κ1) is 13.1. The van der Waals surface area contributed by atoms with Crippen LogP contribution in [0.5, 0.6) is 0 Å². The van der Waals surface area contributed by atoms with Gasteiger partial charge in [0.25, 0.3) is 0 Å². The Balaban J connectivity index is 1.89. The number of rotatable bonds is 3. The molecule has 2 N–H and O–H groups in total. The molecule has 0 aliphatic carbocycles. The predicted octanol–water partition coefficient (Wildman–Crippen LogP) is 4.77. The van der Waals surface area contributed by atoms with E-state index < -0.39 is 0 Å². The lowest BCUT2D eigenvalue weighted by Gasteiger charge is -2.12. The summed E-state index contributed by atoms with van der Waals surface area (Å²) in [5, 5.41) is 2.10. The zero-order chi connectivity index (χ0) is 13.9. The summed E-state index contributed by atoms with van der Waals surface area (Å²) in [6, 6.07) is 21.1. The normalized spacial score (nSPS) is 12.3. The van der Waals surface area contributed by atoms with E-state index in [0.29, 0.717) is 0 Å². The maximum Gasteiger partial charge on any atom is 0.0648 e. The highest BCUT2D eigenvalue weighted by molar-refractivity contribution is 7.10. The monoisotopic (exact) mass is 279 g/mol. The van der Waals surface area contributed by atoms with E-state index in [1.807, 2.05) is 6.07 Å². The van der Waals surface area contributed by atoms with E-state index in [1.54, 1.807) is 11.3 Å². The molecule has 1 atom stereocenters. The van der Waals surface area contributed by atoms with Gasteiger partial charge in [0.15, 0.2) is 0 Å². The summed E-state index contributed by atoms with van der Waals surface area (Å²) in [5.74, 6) is 0. The van der Waals surface area contributed by atoms with Crippen LogP contribution in [0.15, 0.2) is 66.0 Å². The molecule has 3 rings (SSSR count). The molecule has 2 heteroatoms. The van der Waals surface area contributed by atoms with Crippen molar-refractivity contribution in [3.63, 3.8) is 0 Å². The van der Waals surface area contributed by atoms with Gasteiger partial charge in [0.1, 0.15) is 0 Å². The number of benzene rings is 2. The first-order valence-corrected chi connectivity index (χ1v) is 7.58. The van der Waals surface area contributed by atoms with Crippen LogP contribution in [0.1, 0.15) is 22.0 Å². The van der Waals surface area contributed by atoms with Gasteiger partial charge in [-0.15, -0.1) is 11.3 Å². The Kier molecular flexibility index (Phi) is 3.68. The topological polar surface area (TPSA) is 26.0 Å². The molecule has 0 saturated heterocycles. The van der Waals surface area contributed by atoms with Crippen LogP contribution < -0.4 is 5.73 Å². The van der Waals surface area contributed by atoms with Crippen LogP contribution in [0.2, 0.25) is 0 Å².